The molecule has 16 heavy (non-hydrogen) atoms. The van der Waals surface area contributed by atoms with Crippen molar-refractivity contribution < 1.29 is 14.6 Å². The zero-order valence-corrected chi connectivity index (χ0v) is 10.7. The van der Waals surface area contributed by atoms with Gasteiger partial charge in [0.25, 0.3) is 0 Å². The molecule has 2 N–H and O–H groups in total. The van der Waals surface area contributed by atoms with Crippen LogP contribution in [0.5, 0.6) is 0 Å². The van der Waals surface area contributed by atoms with E-state index in [1.807, 2.05) is 6.92 Å². The first-order valence-electron chi connectivity index (χ1n) is 6.16. The topological polar surface area (TPSA) is 50.7 Å². The Morgan fingerprint density at radius 3 is 2.69 bits per heavy atom. The molecule has 0 radical (unpaired) electrons. The van der Waals surface area contributed by atoms with E-state index in [1.54, 1.807) is 0 Å². The quantitative estimate of drug-likeness (QED) is 0.606. The molecule has 2 unspecified atom stereocenters. The molecule has 0 bridgehead atoms. The molecule has 0 aliphatic heterocycles. The molecule has 1 aliphatic carbocycles. The highest BCUT2D eigenvalue weighted by molar-refractivity contribution is 5.02. The first-order chi connectivity index (χ1) is 7.62. The summed E-state index contributed by atoms with van der Waals surface area (Å²) >= 11 is 0. The summed E-state index contributed by atoms with van der Waals surface area (Å²) in [4.78, 5) is 0. The fraction of sp³-hybridized carbons (Fsp3) is 1.00. The van der Waals surface area contributed by atoms with Gasteiger partial charge < -0.3 is 19.9 Å². The van der Waals surface area contributed by atoms with Gasteiger partial charge in [-0.05, 0) is 13.3 Å². The third-order valence-electron chi connectivity index (χ3n) is 3.42. The maximum absolute atomic E-state index is 8.55. The summed E-state index contributed by atoms with van der Waals surface area (Å²) in [6.45, 7) is 9.34. The maximum atomic E-state index is 8.55. The first kappa shape index (κ1) is 13.9. The van der Waals surface area contributed by atoms with Gasteiger partial charge >= 0.3 is 0 Å². The van der Waals surface area contributed by atoms with Crippen LogP contribution in [0.2, 0.25) is 0 Å². The molecule has 1 rings (SSSR count). The molecule has 0 aromatic rings. The number of hydrogen-bond acceptors (Lipinski definition) is 4. The van der Waals surface area contributed by atoms with Gasteiger partial charge in [0.05, 0.1) is 25.9 Å². The third kappa shape index (κ3) is 3.42. The zero-order valence-electron chi connectivity index (χ0n) is 10.7. The van der Waals surface area contributed by atoms with Crippen LogP contribution < -0.4 is 5.32 Å². The van der Waals surface area contributed by atoms with Crippen molar-refractivity contribution in [1.82, 2.24) is 5.32 Å². The summed E-state index contributed by atoms with van der Waals surface area (Å²) in [5.74, 6) is 0. The Bertz CT molecular complexity index is 197. The van der Waals surface area contributed by atoms with Crippen LogP contribution in [0.3, 0.4) is 0 Å². The zero-order chi connectivity index (χ0) is 12.0. The summed E-state index contributed by atoms with van der Waals surface area (Å²) in [5, 5.41) is 12.0. The van der Waals surface area contributed by atoms with Crippen LogP contribution in [-0.4, -0.2) is 50.2 Å². The van der Waals surface area contributed by atoms with Crippen LogP contribution in [-0.2, 0) is 9.47 Å². The van der Waals surface area contributed by atoms with E-state index in [-0.39, 0.29) is 12.0 Å². The molecule has 0 spiro atoms. The number of rotatable bonds is 8. The van der Waals surface area contributed by atoms with Crippen molar-refractivity contribution in [3.63, 3.8) is 0 Å². The lowest BCUT2D eigenvalue weighted by atomic mass is 9.64. The van der Waals surface area contributed by atoms with E-state index in [4.69, 9.17) is 14.6 Å². The lowest BCUT2D eigenvalue weighted by Gasteiger charge is -2.52. The lowest BCUT2D eigenvalue weighted by molar-refractivity contribution is -0.114. The highest BCUT2D eigenvalue weighted by Crippen LogP contribution is 2.42. The second kappa shape index (κ2) is 6.55. The number of aliphatic hydroxyl groups is 1. The number of ether oxygens (including phenoxy) is 2. The Labute approximate surface area is 98.3 Å². The minimum Gasteiger partial charge on any atom is -0.394 e. The number of hydrogen-bond donors (Lipinski definition) is 2. The molecule has 2 atom stereocenters. The molecule has 1 saturated carbocycles. The van der Waals surface area contributed by atoms with Crippen molar-refractivity contribution in [2.75, 3.05) is 33.0 Å². The van der Waals surface area contributed by atoms with Crippen molar-refractivity contribution >= 4 is 0 Å². The summed E-state index contributed by atoms with van der Waals surface area (Å²) < 4.78 is 10.9. The standard InChI is InChI=1S/C12H25NO3/c1-4-16-11-9-10(12(11,2)3)13-5-7-15-8-6-14/h10-11,13-14H,4-9H2,1-3H3. The van der Waals surface area contributed by atoms with Gasteiger partial charge in [0.2, 0.25) is 0 Å². The second-order valence-corrected chi connectivity index (χ2v) is 4.84. The number of aliphatic hydroxyl groups excluding tert-OH is 1. The van der Waals surface area contributed by atoms with Gasteiger partial charge in [-0.3, -0.25) is 0 Å². The van der Waals surface area contributed by atoms with E-state index in [0.29, 0.717) is 25.4 Å². The molecule has 0 aromatic carbocycles. The van der Waals surface area contributed by atoms with Crippen molar-refractivity contribution in [2.45, 2.75) is 39.3 Å². The smallest absolute Gasteiger partial charge is 0.0698 e. The van der Waals surface area contributed by atoms with Gasteiger partial charge in [0, 0.05) is 24.6 Å². The SMILES string of the molecule is CCOC1CC(NCCOCCO)C1(C)C. The average Bonchev–Trinajstić information content (AvgIpc) is 2.26. The fourth-order valence-corrected chi connectivity index (χ4v) is 2.19. The van der Waals surface area contributed by atoms with Crippen LogP contribution in [0, 0.1) is 5.41 Å². The molecule has 96 valence electrons. The van der Waals surface area contributed by atoms with Crippen molar-refractivity contribution in [3.8, 4) is 0 Å². The van der Waals surface area contributed by atoms with Gasteiger partial charge in [-0.1, -0.05) is 13.8 Å². The molecule has 4 nitrogen and oxygen atoms in total. The van der Waals surface area contributed by atoms with Crippen molar-refractivity contribution in [1.29, 1.82) is 0 Å². The minimum absolute atomic E-state index is 0.0985. The van der Waals surface area contributed by atoms with Gasteiger partial charge in [0.15, 0.2) is 0 Å². The molecular weight excluding hydrogens is 206 g/mol. The van der Waals surface area contributed by atoms with E-state index < -0.39 is 0 Å². The van der Waals surface area contributed by atoms with E-state index in [2.05, 4.69) is 19.2 Å². The normalized spacial score (nSPS) is 27.8. The van der Waals surface area contributed by atoms with Gasteiger partial charge in [-0.25, -0.2) is 0 Å². The van der Waals surface area contributed by atoms with E-state index in [1.165, 1.54) is 0 Å². The maximum Gasteiger partial charge on any atom is 0.0698 e. The lowest BCUT2D eigenvalue weighted by Crippen LogP contribution is -2.61. The molecule has 0 aromatic heterocycles. The van der Waals surface area contributed by atoms with E-state index in [9.17, 15) is 0 Å². The Balaban J connectivity index is 2.11. The first-order valence-corrected chi connectivity index (χ1v) is 6.16. The molecule has 0 saturated heterocycles. The molecular formula is C12H25NO3. The monoisotopic (exact) mass is 231 g/mol. The summed E-state index contributed by atoms with van der Waals surface area (Å²) in [5.41, 5.74) is 0.215. The highest BCUT2D eigenvalue weighted by Gasteiger charge is 2.48. The molecule has 0 amide bonds. The third-order valence-corrected chi connectivity index (χ3v) is 3.42. The molecule has 4 heteroatoms. The Morgan fingerprint density at radius 2 is 2.12 bits per heavy atom. The number of nitrogens with one attached hydrogen (secondary N) is 1. The predicted octanol–water partition coefficient (Wildman–Crippen LogP) is 0.788. The average molecular weight is 231 g/mol. The van der Waals surface area contributed by atoms with Gasteiger partial charge in [-0.15, -0.1) is 0 Å². The predicted molar refractivity (Wildman–Crippen MR) is 63.5 cm³/mol. The van der Waals surface area contributed by atoms with Gasteiger partial charge in [0.1, 0.15) is 0 Å². The van der Waals surface area contributed by atoms with Crippen molar-refractivity contribution in [2.24, 2.45) is 5.41 Å². The highest BCUT2D eigenvalue weighted by atomic mass is 16.5. The minimum atomic E-state index is 0.0985. The van der Waals surface area contributed by atoms with Crippen molar-refractivity contribution in [3.05, 3.63) is 0 Å². The van der Waals surface area contributed by atoms with Crippen LogP contribution in [0.15, 0.2) is 0 Å². The Hall–Kier alpha value is -0.160. The van der Waals surface area contributed by atoms with Gasteiger partial charge in [-0.2, -0.15) is 0 Å². The van der Waals surface area contributed by atoms with E-state index in [0.717, 1.165) is 19.6 Å². The second-order valence-electron chi connectivity index (χ2n) is 4.84. The van der Waals surface area contributed by atoms with Crippen LogP contribution >= 0.6 is 0 Å². The largest absolute Gasteiger partial charge is 0.394 e. The molecule has 1 aliphatic rings. The molecule has 0 heterocycles. The Kier molecular flexibility index (Phi) is 5.69. The van der Waals surface area contributed by atoms with Crippen LogP contribution in [0.4, 0.5) is 0 Å². The van der Waals surface area contributed by atoms with Crippen LogP contribution in [0.1, 0.15) is 27.2 Å². The Morgan fingerprint density at radius 1 is 1.38 bits per heavy atom. The summed E-state index contributed by atoms with van der Waals surface area (Å²) in [6, 6.07) is 0.516. The summed E-state index contributed by atoms with van der Waals surface area (Å²) in [6.07, 6.45) is 1.47. The summed E-state index contributed by atoms with van der Waals surface area (Å²) in [7, 11) is 0. The van der Waals surface area contributed by atoms with Crippen LogP contribution in [0.25, 0.3) is 0 Å². The van der Waals surface area contributed by atoms with E-state index >= 15 is 0 Å². The fourth-order valence-electron chi connectivity index (χ4n) is 2.19. The molecule has 1 fully saturated rings.